The number of rotatable bonds is 6. The predicted molar refractivity (Wildman–Crippen MR) is 102 cm³/mol. The van der Waals surface area contributed by atoms with Gasteiger partial charge in [0.25, 0.3) is 0 Å². The molecule has 1 N–H and O–H groups in total. The van der Waals surface area contributed by atoms with Crippen LogP contribution in [0.15, 0.2) is 18.3 Å². The number of carbonyl (C=O) groups is 1. The lowest BCUT2D eigenvalue weighted by atomic mass is 9.94. The van der Waals surface area contributed by atoms with Crippen LogP contribution in [0.25, 0.3) is 0 Å². The SMILES string of the molecule is COc1cc(CNC[C@@H]2CC(=O)N(C)[C@H]2c2cnn(C)c2C)cc2c1OCO2. The van der Waals surface area contributed by atoms with Crippen molar-refractivity contribution in [2.45, 2.75) is 25.9 Å². The summed E-state index contributed by atoms with van der Waals surface area (Å²) in [6, 6.07) is 3.96. The molecule has 2 aliphatic rings. The lowest BCUT2D eigenvalue weighted by Gasteiger charge is -2.25. The molecular formula is C20H26N4O4. The third-order valence-corrected chi connectivity index (χ3v) is 5.74. The summed E-state index contributed by atoms with van der Waals surface area (Å²) in [5.41, 5.74) is 3.26. The van der Waals surface area contributed by atoms with Crippen molar-refractivity contribution in [3.8, 4) is 17.2 Å². The molecule has 2 aliphatic heterocycles. The predicted octanol–water partition coefficient (Wildman–Crippen LogP) is 1.78. The second-order valence-electron chi connectivity index (χ2n) is 7.39. The molecule has 150 valence electrons. The fraction of sp³-hybridized carbons (Fsp3) is 0.500. The average molecular weight is 386 g/mol. The monoisotopic (exact) mass is 386 g/mol. The summed E-state index contributed by atoms with van der Waals surface area (Å²) >= 11 is 0. The Hall–Kier alpha value is -2.74. The largest absolute Gasteiger partial charge is 0.493 e. The zero-order valence-electron chi connectivity index (χ0n) is 16.7. The molecule has 8 nitrogen and oxygen atoms in total. The number of aryl methyl sites for hydroxylation is 1. The Balaban J connectivity index is 1.45. The average Bonchev–Trinajstić information content (AvgIpc) is 3.35. The van der Waals surface area contributed by atoms with Crippen molar-refractivity contribution in [2.24, 2.45) is 13.0 Å². The van der Waals surface area contributed by atoms with E-state index in [0.29, 0.717) is 30.2 Å². The van der Waals surface area contributed by atoms with Gasteiger partial charge in [-0.1, -0.05) is 0 Å². The van der Waals surface area contributed by atoms with Gasteiger partial charge in [-0.15, -0.1) is 0 Å². The molecule has 0 bridgehead atoms. The van der Waals surface area contributed by atoms with E-state index in [-0.39, 0.29) is 24.7 Å². The number of methoxy groups -OCH3 is 1. The fourth-order valence-corrected chi connectivity index (χ4v) is 4.09. The van der Waals surface area contributed by atoms with E-state index < -0.39 is 0 Å². The van der Waals surface area contributed by atoms with Crippen LogP contribution in [0.3, 0.4) is 0 Å². The fourth-order valence-electron chi connectivity index (χ4n) is 4.09. The maximum atomic E-state index is 12.4. The second kappa shape index (κ2) is 7.35. The molecule has 4 rings (SSSR count). The molecule has 1 aromatic heterocycles. The standard InChI is InChI=1S/C20H26N4O4/c1-12-15(10-22-24(12)3)19-14(7-18(25)23(19)2)9-21-8-13-5-16(26-4)20-17(6-13)27-11-28-20/h5-6,10,14,19,21H,7-9,11H2,1-4H3/t14-,19+/m0/s1. The van der Waals surface area contributed by atoms with E-state index in [1.54, 1.807) is 7.11 Å². The molecule has 0 radical (unpaired) electrons. The third kappa shape index (κ3) is 3.17. The quantitative estimate of drug-likeness (QED) is 0.815. The Kier molecular flexibility index (Phi) is 4.89. The summed E-state index contributed by atoms with van der Waals surface area (Å²) in [5.74, 6) is 2.39. The van der Waals surface area contributed by atoms with Gasteiger partial charge in [-0.3, -0.25) is 9.48 Å². The van der Waals surface area contributed by atoms with Gasteiger partial charge in [-0.05, 0) is 24.6 Å². The first-order valence-electron chi connectivity index (χ1n) is 9.41. The number of hydrogen-bond acceptors (Lipinski definition) is 6. The van der Waals surface area contributed by atoms with Gasteiger partial charge in [-0.2, -0.15) is 5.10 Å². The lowest BCUT2D eigenvalue weighted by molar-refractivity contribution is -0.127. The summed E-state index contributed by atoms with van der Waals surface area (Å²) in [4.78, 5) is 14.2. The topological polar surface area (TPSA) is 77.9 Å². The van der Waals surface area contributed by atoms with E-state index in [1.807, 2.05) is 48.9 Å². The normalized spacial score (nSPS) is 20.9. The summed E-state index contributed by atoms with van der Waals surface area (Å²) in [6.45, 7) is 3.64. The summed E-state index contributed by atoms with van der Waals surface area (Å²) in [5, 5.41) is 7.85. The highest BCUT2D eigenvalue weighted by Crippen LogP contribution is 2.42. The van der Waals surface area contributed by atoms with Crippen LogP contribution < -0.4 is 19.5 Å². The minimum Gasteiger partial charge on any atom is -0.493 e. The van der Waals surface area contributed by atoms with E-state index in [2.05, 4.69) is 10.4 Å². The second-order valence-corrected chi connectivity index (χ2v) is 7.39. The van der Waals surface area contributed by atoms with Crippen molar-refractivity contribution in [1.29, 1.82) is 0 Å². The number of fused-ring (bicyclic) bond motifs is 1. The van der Waals surface area contributed by atoms with Gasteiger partial charge >= 0.3 is 0 Å². The third-order valence-electron chi connectivity index (χ3n) is 5.74. The molecule has 0 unspecified atom stereocenters. The molecule has 0 saturated carbocycles. The highest BCUT2D eigenvalue weighted by Gasteiger charge is 2.39. The Labute approximate surface area is 164 Å². The lowest BCUT2D eigenvalue weighted by Crippen LogP contribution is -2.29. The molecule has 2 aromatic rings. The number of ether oxygens (including phenoxy) is 3. The zero-order chi connectivity index (χ0) is 19.8. The van der Waals surface area contributed by atoms with E-state index >= 15 is 0 Å². The molecule has 2 atom stereocenters. The Morgan fingerprint density at radius 1 is 1.32 bits per heavy atom. The van der Waals surface area contributed by atoms with Gasteiger partial charge in [0.1, 0.15) is 0 Å². The van der Waals surface area contributed by atoms with Gasteiger partial charge < -0.3 is 24.4 Å². The van der Waals surface area contributed by atoms with Crippen LogP contribution in [0, 0.1) is 12.8 Å². The Bertz CT molecular complexity index is 895. The molecule has 1 saturated heterocycles. The Morgan fingerprint density at radius 2 is 2.14 bits per heavy atom. The minimum atomic E-state index is 0.0417. The molecule has 0 spiro atoms. The first kappa shape index (κ1) is 18.6. The minimum absolute atomic E-state index is 0.0417. The number of carbonyl (C=O) groups excluding carboxylic acids is 1. The van der Waals surface area contributed by atoms with Gasteiger partial charge in [0.05, 0.1) is 19.3 Å². The van der Waals surface area contributed by atoms with Gasteiger partial charge in [0, 0.05) is 50.8 Å². The van der Waals surface area contributed by atoms with Gasteiger partial charge in [-0.25, -0.2) is 0 Å². The van der Waals surface area contributed by atoms with Crippen LogP contribution in [0.1, 0.15) is 29.3 Å². The van der Waals surface area contributed by atoms with Crippen molar-refractivity contribution in [1.82, 2.24) is 20.0 Å². The number of hydrogen-bond donors (Lipinski definition) is 1. The van der Waals surface area contributed by atoms with Crippen LogP contribution >= 0.6 is 0 Å². The van der Waals surface area contributed by atoms with Crippen molar-refractivity contribution < 1.29 is 19.0 Å². The van der Waals surface area contributed by atoms with Gasteiger partial charge in [0.2, 0.25) is 18.4 Å². The van der Waals surface area contributed by atoms with Crippen molar-refractivity contribution in [3.05, 3.63) is 35.2 Å². The molecule has 1 amide bonds. The van der Waals surface area contributed by atoms with Crippen molar-refractivity contribution >= 4 is 5.91 Å². The molecule has 28 heavy (non-hydrogen) atoms. The van der Waals surface area contributed by atoms with Crippen LogP contribution in [0.5, 0.6) is 17.2 Å². The summed E-state index contributed by atoms with van der Waals surface area (Å²) in [7, 11) is 5.42. The number of amides is 1. The van der Waals surface area contributed by atoms with E-state index in [1.165, 1.54) is 0 Å². The Morgan fingerprint density at radius 3 is 2.86 bits per heavy atom. The highest BCUT2D eigenvalue weighted by molar-refractivity contribution is 5.79. The van der Waals surface area contributed by atoms with Crippen molar-refractivity contribution in [2.75, 3.05) is 27.5 Å². The van der Waals surface area contributed by atoms with Crippen LogP contribution in [-0.2, 0) is 18.4 Å². The first-order valence-corrected chi connectivity index (χ1v) is 9.41. The summed E-state index contributed by atoms with van der Waals surface area (Å²) < 4.78 is 18.2. The number of benzene rings is 1. The molecule has 0 aliphatic carbocycles. The number of aromatic nitrogens is 2. The van der Waals surface area contributed by atoms with Crippen molar-refractivity contribution in [3.63, 3.8) is 0 Å². The smallest absolute Gasteiger partial charge is 0.231 e. The molecular weight excluding hydrogens is 360 g/mol. The molecule has 1 fully saturated rings. The maximum absolute atomic E-state index is 12.4. The summed E-state index contributed by atoms with van der Waals surface area (Å²) in [6.07, 6.45) is 2.41. The highest BCUT2D eigenvalue weighted by atomic mass is 16.7. The zero-order valence-corrected chi connectivity index (χ0v) is 16.7. The molecule has 8 heteroatoms. The van der Waals surface area contributed by atoms with Crippen LogP contribution in [-0.4, -0.2) is 48.1 Å². The number of nitrogens with one attached hydrogen (secondary N) is 1. The van der Waals surface area contributed by atoms with E-state index in [0.717, 1.165) is 23.4 Å². The number of likely N-dealkylation sites (tertiary alicyclic amines) is 1. The molecule has 3 heterocycles. The molecule has 1 aromatic carbocycles. The first-order chi connectivity index (χ1) is 13.5. The van der Waals surface area contributed by atoms with Crippen LogP contribution in [0.4, 0.5) is 0 Å². The van der Waals surface area contributed by atoms with E-state index in [9.17, 15) is 4.79 Å². The number of nitrogens with zero attached hydrogens (tertiary/aromatic N) is 3. The van der Waals surface area contributed by atoms with Gasteiger partial charge in [0.15, 0.2) is 11.5 Å². The van der Waals surface area contributed by atoms with Crippen LogP contribution in [0.2, 0.25) is 0 Å². The maximum Gasteiger partial charge on any atom is 0.231 e. The van der Waals surface area contributed by atoms with E-state index in [4.69, 9.17) is 14.2 Å².